The molecule has 240 valence electrons. The number of primary amides is 1. The van der Waals surface area contributed by atoms with Crippen LogP contribution in [0.4, 0.5) is 18.0 Å². The molecule has 1 aliphatic heterocycles. The number of ketones is 1. The zero-order valence-electron chi connectivity index (χ0n) is 25.2. The summed E-state index contributed by atoms with van der Waals surface area (Å²) >= 11 is 0. The summed E-state index contributed by atoms with van der Waals surface area (Å²) in [6, 6.07) is 4.04. The highest BCUT2D eigenvalue weighted by molar-refractivity contribution is 6.37. The molecule has 1 aromatic carbocycles. The lowest BCUT2D eigenvalue weighted by atomic mass is 9.93. The lowest BCUT2D eigenvalue weighted by Gasteiger charge is -2.36. The topological polar surface area (TPSA) is 148 Å². The number of nitrogens with zero attached hydrogens (tertiary/aromatic N) is 1. The molecular formula is C31H39F3N4O6. The van der Waals surface area contributed by atoms with Crippen molar-refractivity contribution in [2.24, 2.45) is 34.8 Å². The van der Waals surface area contributed by atoms with Gasteiger partial charge in [-0.2, -0.15) is 13.2 Å². The predicted octanol–water partition coefficient (Wildman–Crippen LogP) is 2.66. The fourth-order valence-electron chi connectivity index (χ4n) is 6.99. The maximum Gasteiger partial charge on any atom is 0.427 e. The maximum absolute atomic E-state index is 14.3. The van der Waals surface area contributed by atoms with Crippen LogP contribution in [0.1, 0.15) is 58.1 Å². The van der Waals surface area contributed by atoms with Crippen molar-refractivity contribution in [2.75, 3.05) is 6.54 Å². The third-order valence-corrected chi connectivity index (χ3v) is 10.0. The number of hydrogen-bond acceptors (Lipinski definition) is 6. The highest BCUT2D eigenvalue weighted by atomic mass is 19.4. The zero-order valence-corrected chi connectivity index (χ0v) is 25.2. The van der Waals surface area contributed by atoms with Crippen LogP contribution in [0.25, 0.3) is 0 Å². The number of alkyl carbamates (subject to hydrolysis) is 1. The third-order valence-electron chi connectivity index (χ3n) is 10.0. The second kappa shape index (κ2) is 11.1. The van der Waals surface area contributed by atoms with E-state index in [4.69, 9.17) is 10.5 Å². The van der Waals surface area contributed by atoms with Gasteiger partial charge in [0.15, 0.2) is 0 Å². The number of rotatable bonds is 10. The van der Waals surface area contributed by atoms with Crippen molar-refractivity contribution < 1.29 is 41.9 Å². The molecule has 1 unspecified atom stereocenters. The number of carbonyl (C=O) groups is 5. The minimum atomic E-state index is -4.85. The summed E-state index contributed by atoms with van der Waals surface area (Å²) < 4.78 is 45.2. The van der Waals surface area contributed by atoms with Crippen LogP contribution >= 0.6 is 0 Å². The summed E-state index contributed by atoms with van der Waals surface area (Å²) in [5, 5.41) is 5.10. The van der Waals surface area contributed by atoms with Crippen LogP contribution in [-0.2, 0) is 36.8 Å². The number of alkyl halides is 3. The molecule has 4 amide bonds. The Morgan fingerprint density at radius 1 is 1.05 bits per heavy atom. The van der Waals surface area contributed by atoms with Crippen LogP contribution in [0, 0.1) is 29.1 Å². The lowest BCUT2D eigenvalue weighted by molar-refractivity contribution is -0.244. The summed E-state index contributed by atoms with van der Waals surface area (Å²) in [7, 11) is 0. The van der Waals surface area contributed by atoms with Crippen molar-refractivity contribution in [1.82, 2.24) is 15.5 Å². The molecule has 4 N–H and O–H groups in total. The van der Waals surface area contributed by atoms with Crippen molar-refractivity contribution in [3.8, 4) is 0 Å². The molecule has 0 radical (unpaired) electrons. The van der Waals surface area contributed by atoms with Gasteiger partial charge < -0.3 is 26.0 Å². The number of ether oxygens (including phenoxy) is 1. The summed E-state index contributed by atoms with van der Waals surface area (Å²) in [4.78, 5) is 66.7. The summed E-state index contributed by atoms with van der Waals surface area (Å²) in [5.41, 5.74) is 4.06. The van der Waals surface area contributed by atoms with E-state index >= 15 is 0 Å². The highest BCUT2D eigenvalue weighted by Gasteiger charge is 2.70. The average Bonchev–Trinajstić information content (AvgIpc) is 3.68. The van der Waals surface area contributed by atoms with Gasteiger partial charge in [-0.25, -0.2) is 4.79 Å². The third kappa shape index (κ3) is 6.01. The van der Waals surface area contributed by atoms with Gasteiger partial charge >= 0.3 is 12.3 Å². The van der Waals surface area contributed by atoms with Crippen LogP contribution in [-0.4, -0.2) is 70.9 Å². The number of nitrogens with one attached hydrogen (secondary N) is 2. The Morgan fingerprint density at radius 2 is 1.64 bits per heavy atom. The number of fused-ring (bicyclic) bond motifs is 2. The van der Waals surface area contributed by atoms with E-state index in [1.165, 1.54) is 4.90 Å². The number of hydrogen-bond donors (Lipinski definition) is 3. The molecule has 10 nitrogen and oxygen atoms in total. The Labute approximate surface area is 253 Å². The van der Waals surface area contributed by atoms with Crippen molar-refractivity contribution in [3.63, 3.8) is 0 Å². The average molecular weight is 621 g/mol. The van der Waals surface area contributed by atoms with Gasteiger partial charge in [0.25, 0.3) is 5.91 Å². The largest absolute Gasteiger partial charge is 0.434 e. The minimum absolute atomic E-state index is 0.0477. The highest BCUT2D eigenvalue weighted by Crippen LogP contribution is 2.65. The van der Waals surface area contributed by atoms with Gasteiger partial charge in [-0.1, -0.05) is 51.0 Å². The molecule has 0 spiro atoms. The quantitative estimate of drug-likeness (QED) is 0.343. The molecule has 3 fully saturated rings. The van der Waals surface area contributed by atoms with Gasteiger partial charge in [0, 0.05) is 6.54 Å². The molecule has 1 saturated heterocycles. The summed E-state index contributed by atoms with van der Waals surface area (Å²) in [6.45, 7) is 5.57. The first kappa shape index (κ1) is 31.8. The molecule has 0 bridgehead atoms. The SMILES string of the molecule is CC1(C)[C@@H]2[C@@H](C(=O)NC(CC3CC3)C(=O)C(N)=O)N(C(=O)[C@@H](NC(=O)OC(C)(C)C(F)(F)F)C3Cc4ccccc4C3)C[C@@H]21. The van der Waals surface area contributed by atoms with E-state index in [0.717, 1.165) is 37.8 Å². The maximum atomic E-state index is 14.3. The molecule has 1 aromatic rings. The smallest absolute Gasteiger partial charge is 0.427 e. The first-order valence-electron chi connectivity index (χ1n) is 15.0. The number of benzene rings is 1. The number of amides is 4. The van der Waals surface area contributed by atoms with E-state index in [1.54, 1.807) is 0 Å². The van der Waals surface area contributed by atoms with Crippen LogP contribution in [0.15, 0.2) is 24.3 Å². The zero-order chi connectivity index (χ0) is 32.4. The molecule has 13 heteroatoms. The van der Waals surface area contributed by atoms with Crippen molar-refractivity contribution in [1.29, 1.82) is 0 Å². The molecule has 3 aliphatic carbocycles. The Hall–Kier alpha value is -3.64. The number of Topliss-reactive ketones (excluding diaryl/α,β-unsaturated/α-hetero) is 1. The second-order valence-electron chi connectivity index (χ2n) is 13.8. The summed E-state index contributed by atoms with van der Waals surface area (Å²) in [6.07, 6.45) is -3.49. The Balaban J connectivity index is 1.40. The van der Waals surface area contributed by atoms with Crippen molar-refractivity contribution in [3.05, 3.63) is 35.4 Å². The Kier molecular flexibility index (Phi) is 7.99. The Morgan fingerprint density at radius 3 is 2.16 bits per heavy atom. The van der Waals surface area contributed by atoms with E-state index in [2.05, 4.69) is 10.6 Å². The molecule has 4 aliphatic rings. The number of piperidine rings is 1. The van der Waals surface area contributed by atoms with Gasteiger partial charge in [0.05, 0.1) is 6.04 Å². The molecule has 5 atom stereocenters. The van der Waals surface area contributed by atoms with Crippen LogP contribution < -0.4 is 16.4 Å². The monoisotopic (exact) mass is 620 g/mol. The van der Waals surface area contributed by atoms with Crippen LogP contribution in [0.3, 0.4) is 0 Å². The van der Waals surface area contributed by atoms with E-state index in [1.807, 2.05) is 38.1 Å². The number of likely N-dealkylation sites (tertiary alicyclic amines) is 1. The van der Waals surface area contributed by atoms with Crippen molar-refractivity contribution >= 4 is 29.6 Å². The van der Waals surface area contributed by atoms with Gasteiger partial charge in [-0.3, -0.25) is 19.2 Å². The number of halogens is 3. The number of nitrogens with two attached hydrogens (primary N) is 1. The first-order valence-corrected chi connectivity index (χ1v) is 15.0. The van der Waals surface area contributed by atoms with Crippen LogP contribution in [0.2, 0.25) is 0 Å². The van der Waals surface area contributed by atoms with Gasteiger partial charge in [-0.05, 0) is 73.3 Å². The van der Waals surface area contributed by atoms with Crippen molar-refractivity contribution in [2.45, 2.75) is 89.7 Å². The predicted molar refractivity (Wildman–Crippen MR) is 151 cm³/mol. The van der Waals surface area contributed by atoms with Gasteiger partial charge in [0.2, 0.25) is 23.2 Å². The summed E-state index contributed by atoms with van der Waals surface area (Å²) in [5.74, 6) is -3.92. The van der Waals surface area contributed by atoms with Gasteiger partial charge in [-0.15, -0.1) is 0 Å². The fraction of sp³-hybridized carbons (Fsp3) is 0.645. The molecule has 2 saturated carbocycles. The van der Waals surface area contributed by atoms with Gasteiger partial charge in [0.1, 0.15) is 12.1 Å². The molecule has 1 heterocycles. The lowest BCUT2D eigenvalue weighted by Crippen LogP contribution is -2.60. The molecule has 0 aromatic heterocycles. The van der Waals surface area contributed by atoms with E-state index in [-0.39, 0.29) is 36.1 Å². The Bertz CT molecular complexity index is 1350. The van der Waals surface area contributed by atoms with Crippen LogP contribution in [0.5, 0.6) is 0 Å². The first-order chi connectivity index (χ1) is 20.4. The molecular weight excluding hydrogens is 581 g/mol. The fourth-order valence-corrected chi connectivity index (χ4v) is 6.99. The minimum Gasteiger partial charge on any atom is -0.434 e. The van der Waals surface area contributed by atoms with E-state index in [9.17, 15) is 37.1 Å². The standard InChI is InChI=1S/C31H39F3N4O6/c1-29(2)19-14-38(23(21(19)29)26(41)36-20(11-15-9-10-15)24(39)25(35)40)27(42)22(18-12-16-7-5-6-8-17(16)13-18)37-28(43)44-30(3,4)31(32,33)34/h5-8,15,18-23H,9-14H2,1-4H3,(H2,35,40)(H,36,41)(H,37,43)/t19-,20?,21-,22-,23-/m0/s1. The number of carbonyl (C=O) groups excluding carboxylic acids is 5. The molecule has 5 rings (SSSR count). The van der Waals surface area contributed by atoms with E-state index < -0.39 is 65.4 Å². The van der Waals surface area contributed by atoms with E-state index in [0.29, 0.717) is 12.8 Å². The second-order valence-corrected chi connectivity index (χ2v) is 13.8. The molecule has 44 heavy (non-hydrogen) atoms. The normalized spacial score (nSPS) is 25.3.